The molecule has 7 heteroatoms. The summed E-state index contributed by atoms with van der Waals surface area (Å²) >= 11 is 1.51. The number of fused-ring (bicyclic) bond motifs is 1. The number of pyridine rings is 2. The fourth-order valence-corrected chi connectivity index (χ4v) is 4.09. The van der Waals surface area contributed by atoms with Gasteiger partial charge >= 0.3 is 0 Å². The van der Waals surface area contributed by atoms with E-state index < -0.39 is 0 Å². The van der Waals surface area contributed by atoms with Crippen LogP contribution < -0.4 is 5.32 Å². The zero-order chi connectivity index (χ0) is 20.2. The highest BCUT2D eigenvalue weighted by molar-refractivity contribution is 7.17. The lowest BCUT2D eigenvalue weighted by Crippen LogP contribution is -2.13. The standard InChI is InChI=1S/C22H21N5OS/c1-14-13-29-21-19(14)26-22(25-15(2)17-8-4-6-12-24-17)27-20(21)18(28)10-9-16-7-3-5-11-23-16/h3-8,11-13,15H,9-10H2,1-2H3,(H,25,26,27)/t15-/m0/s1. The molecule has 0 aliphatic rings. The van der Waals surface area contributed by atoms with Gasteiger partial charge in [0.15, 0.2) is 5.78 Å². The van der Waals surface area contributed by atoms with Gasteiger partial charge in [0.1, 0.15) is 5.69 Å². The molecule has 6 nitrogen and oxygen atoms in total. The van der Waals surface area contributed by atoms with E-state index in [0.717, 1.165) is 27.2 Å². The van der Waals surface area contributed by atoms with Crippen molar-refractivity contribution in [3.63, 3.8) is 0 Å². The van der Waals surface area contributed by atoms with Gasteiger partial charge in [0.05, 0.1) is 22.0 Å². The van der Waals surface area contributed by atoms with Gasteiger partial charge in [-0.1, -0.05) is 12.1 Å². The lowest BCUT2D eigenvalue weighted by Gasteiger charge is -2.14. The summed E-state index contributed by atoms with van der Waals surface area (Å²) in [6, 6.07) is 11.4. The van der Waals surface area contributed by atoms with E-state index in [-0.39, 0.29) is 11.8 Å². The van der Waals surface area contributed by atoms with Crippen molar-refractivity contribution < 1.29 is 4.79 Å². The fraction of sp³-hybridized carbons (Fsp3) is 0.227. The van der Waals surface area contributed by atoms with E-state index in [4.69, 9.17) is 0 Å². The largest absolute Gasteiger partial charge is 0.346 e. The molecule has 4 aromatic rings. The third kappa shape index (κ3) is 4.30. The summed E-state index contributed by atoms with van der Waals surface area (Å²) in [7, 11) is 0. The van der Waals surface area contributed by atoms with Gasteiger partial charge in [-0.2, -0.15) is 0 Å². The first-order valence-electron chi connectivity index (χ1n) is 9.48. The first-order chi connectivity index (χ1) is 14.1. The zero-order valence-corrected chi connectivity index (χ0v) is 17.1. The number of carbonyl (C=O) groups excluding carboxylic acids is 1. The van der Waals surface area contributed by atoms with Crippen LogP contribution in [0.4, 0.5) is 5.95 Å². The van der Waals surface area contributed by atoms with Crippen molar-refractivity contribution in [3.05, 3.63) is 76.8 Å². The molecule has 0 aromatic carbocycles. The molecule has 0 bridgehead atoms. The zero-order valence-electron chi connectivity index (χ0n) is 16.3. The average Bonchev–Trinajstić information content (AvgIpc) is 3.13. The van der Waals surface area contributed by atoms with Gasteiger partial charge in [-0.3, -0.25) is 14.8 Å². The Morgan fingerprint density at radius 3 is 2.62 bits per heavy atom. The number of anilines is 1. The number of hydrogen-bond acceptors (Lipinski definition) is 7. The molecule has 4 aromatic heterocycles. The highest BCUT2D eigenvalue weighted by Gasteiger charge is 2.19. The van der Waals surface area contributed by atoms with Crippen LogP contribution >= 0.6 is 11.3 Å². The molecule has 0 spiro atoms. The van der Waals surface area contributed by atoms with Gasteiger partial charge in [0.2, 0.25) is 5.95 Å². The van der Waals surface area contributed by atoms with Crippen molar-refractivity contribution in [3.8, 4) is 0 Å². The van der Waals surface area contributed by atoms with Crippen LogP contribution in [-0.2, 0) is 6.42 Å². The van der Waals surface area contributed by atoms with Gasteiger partial charge in [0.25, 0.3) is 0 Å². The summed E-state index contributed by atoms with van der Waals surface area (Å²) in [6.45, 7) is 4.00. The molecule has 146 valence electrons. The molecule has 0 aliphatic heterocycles. The first-order valence-corrected chi connectivity index (χ1v) is 10.4. The summed E-state index contributed by atoms with van der Waals surface area (Å²) in [6.07, 6.45) is 4.44. The Hall–Kier alpha value is -3.19. The molecule has 0 saturated carbocycles. The minimum Gasteiger partial charge on any atom is -0.346 e. The van der Waals surface area contributed by atoms with Gasteiger partial charge < -0.3 is 5.32 Å². The molecule has 4 rings (SSSR count). The number of nitrogens with one attached hydrogen (secondary N) is 1. The van der Waals surface area contributed by atoms with Crippen molar-refractivity contribution >= 4 is 33.3 Å². The molecule has 0 amide bonds. The Labute approximate surface area is 173 Å². The lowest BCUT2D eigenvalue weighted by atomic mass is 10.1. The van der Waals surface area contributed by atoms with Crippen molar-refractivity contribution in [1.29, 1.82) is 0 Å². The van der Waals surface area contributed by atoms with Crippen molar-refractivity contribution in [2.24, 2.45) is 0 Å². The topological polar surface area (TPSA) is 80.7 Å². The van der Waals surface area contributed by atoms with E-state index in [1.807, 2.05) is 55.6 Å². The maximum Gasteiger partial charge on any atom is 0.224 e. The SMILES string of the molecule is Cc1csc2c(C(=O)CCc3ccccn3)nc(N[C@@H](C)c3ccccn3)nc12. The normalized spacial score (nSPS) is 12.1. The number of rotatable bonds is 7. The van der Waals surface area contributed by atoms with E-state index in [1.54, 1.807) is 12.4 Å². The second-order valence-electron chi connectivity index (χ2n) is 6.86. The van der Waals surface area contributed by atoms with Gasteiger partial charge in [-0.25, -0.2) is 9.97 Å². The Morgan fingerprint density at radius 2 is 1.90 bits per heavy atom. The minimum atomic E-state index is -0.0796. The molecule has 0 aliphatic carbocycles. The Bertz CT molecular complexity index is 1130. The number of aromatic nitrogens is 4. The van der Waals surface area contributed by atoms with E-state index in [9.17, 15) is 4.79 Å². The van der Waals surface area contributed by atoms with Gasteiger partial charge in [-0.15, -0.1) is 11.3 Å². The molecule has 1 atom stereocenters. The highest BCUT2D eigenvalue weighted by atomic mass is 32.1. The van der Waals surface area contributed by atoms with Crippen molar-refractivity contribution in [2.75, 3.05) is 5.32 Å². The quantitative estimate of drug-likeness (QED) is 0.447. The molecule has 0 fully saturated rings. The van der Waals surface area contributed by atoms with Crippen LogP contribution in [-0.4, -0.2) is 25.7 Å². The predicted octanol–water partition coefficient (Wildman–Crippen LogP) is 4.78. The number of ketones is 1. The number of Topliss-reactive ketones (excluding diaryl/α,β-unsaturated/α-hetero) is 1. The Morgan fingerprint density at radius 1 is 1.10 bits per heavy atom. The molecule has 4 heterocycles. The number of thiophene rings is 1. The van der Waals surface area contributed by atoms with Gasteiger partial charge in [-0.05, 0) is 55.5 Å². The third-order valence-corrected chi connectivity index (χ3v) is 5.76. The second kappa shape index (κ2) is 8.45. The third-order valence-electron chi connectivity index (χ3n) is 4.67. The lowest BCUT2D eigenvalue weighted by molar-refractivity contribution is 0.0979. The maximum atomic E-state index is 13.0. The van der Waals surface area contributed by atoms with Crippen molar-refractivity contribution in [1.82, 2.24) is 19.9 Å². The van der Waals surface area contributed by atoms with Crippen LogP contribution in [0.5, 0.6) is 0 Å². The Kier molecular flexibility index (Phi) is 5.57. The van der Waals surface area contributed by atoms with Crippen LogP contribution in [0.2, 0.25) is 0 Å². The van der Waals surface area contributed by atoms with Crippen LogP contribution in [0.3, 0.4) is 0 Å². The molecule has 0 saturated heterocycles. The second-order valence-corrected chi connectivity index (χ2v) is 7.74. The molecular weight excluding hydrogens is 382 g/mol. The highest BCUT2D eigenvalue weighted by Crippen LogP contribution is 2.29. The average molecular weight is 404 g/mol. The predicted molar refractivity (Wildman–Crippen MR) is 115 cm³/mol. The van der Waals surface area contributed by atoms with E-state index in [2.05, 4.69) is 25.3 Å². The molecule has 1 N–H and O–H groups in total. The monoisotopic (exact) mass is 403 g/mol. The number of carbonyl (C=O) groups is 1. The fourth-order valence-electron chi connectivity index (χ4n) is 3.09. The van der Waals surface area contributed by atoms with Crippen LogP contribution in [0, 0.1) is 6.92 Å². The van der Waals surface area contributed by atoms with Crippen LogP contribution in [0.15, 0.2) is 54.2 Å². The van der Waals surface area contributed by atoms with Crippen LogP contribution in [0.1, 0.15) is 46.8 Å². The maximum absolute atomic E-state index is 13.0. The van der Waals surface area contributed by atoms with Gasteiger partial charge in [0, 0.05) is 24.5 Å². The molecular formula is C22H21N5OS. The number of aryl methyl sites for hydroxylation is 2. The summed E-state index contributed by atoms with van der Waals surface area (Å²) in [5, 5.41) is 5.31. The smallest absolute Gasteiger partial charge is 0.224 e. The summed E-state index contributed by atoms with van der Waals surface area (Å²) < 4.78 is 0.838. The molecule has 29 heavy (non-hydrogen) atoms. The van der Waals surface area contributed by atoms with E-state index in [0.29, 0.717) is 24.5 Å². The number of hydrogen-bond donors (Lipinski definition) is 1. The molecule has 0 unspecified atom stereocenters. The number of nitrogens with zero attached hydrogens (tertiary/aromatic N) is 4. The summed E-state index contributed by atoms with van der Waals surface area (Å²) in [5.41, 5.74) is 4.12. The van der Waals surface area contributed by atoms with Crippen molar-refractivity contribution in [2.45, 2.75) is 32.7 Å². The summed E-state index contributed by atoms with van der Waals surface area (Å²) in [5.74, 6) is 0.441. The van der Waals surface area contributed by atoms with E-state index >= 15 is 0 Å². The van der Waals surface area contributed by atoms with Crippen LogP contribution in [0.25, 0.3) is 10.2 Å². The Balaban J connectivity index is 1.61. The summed E-state index contributed by atoms with van der Waals surface area (Å²) in [4.78, 5) is 30.9. The first kappa shape index (κ1) is 19.1. The molecule has 0 radical (unpaired) electrons. The minimum absolute atomic E-state index is 0.00144. The van der Waals surface area contributed by atoms with E-state index in [1.165, 1.54) is 11.3 Å².